The third kappa shape index (κ3) is 28.6. The molecule has 0 aromatic carbocycles. The van der Waals surface area contributed by atoms with E-state index >= 15 is 0 Å². The quantitative estimate of drug-likeness (QED) is 0.0514. The molecule has 0 spiro atoms. The lowest BCUT2D eigenvalue weighted by atomic mass is 10.2. The number of nitrogens with one attached hydrogen (secondary N) is 2. The first-order valence-corrected chi connectivity index (χ1v) is 23.4. The lowest BCUT2D eigenvalue weighted by Gasteiger charge is -2.34. The van der Waals surface area contributed by atoms with Gasteiger partial charge in [-0.25, -0.2) is 0 Å². The number of allylic oxidation sites excluding steroid dienone is 1. The summed E-state index contributed by atoms with van der Waals surface area (Å²) in [6.45, 7) is 65.5. The molecule has 1 saturated heterocycles. The van der Waals surface area contributed by atoms with Crippen LogP contribution in [0.1, 0.15) is 60.3 Å². The van der Waals surface area contributed by atoms with E-state index in [1.807, 2.05) is 19.1 Å². The van der Waals surface area contributed by atoms with Crippen molar-refractivity contribution < 1.29 is 0 Å². The van der Waals surface area contributed by atoms with Gasteiger partial charge in [-0.15, -0.1) is 19.7 Å². The molecule has 0 atom stereocenters. The molecule has 2 N–H and O–H groups in total. The van der Waals surface area contributed by atoms with Crippen molar-refractivity contribution in [3.63, 3.8) is 0 Å². The predicted octanol–water partition coefficient (Wildman–Crippen LogP) is 7.83. The van der Waals surface area contributed by atoms with E-state index in [1.165, 1.54) is 25.7 Å². The minimum absolute atomic E-state index is 0. The highest BCUT2D eigenvalue weighted by Gasteiger charge is 2.17. The summed E-state index contributed by atoms with van der Waals surface area (Å²) in [4.78, 5) is 21.0. The molecule has 0 aromatic rings. The van der Waals surface area contributed by atoms with Crippen LogP contribution in [0, 0.1) is 0 Å². The number of hydrogen-bond acceptors (Lipinski definition) is 11. The summed E-state index contributed by atoms with van der Waals surface area (Å²) in [5.74, 6) is 0. The fourth-order valence-electron chi connectivity index (χ4n) is 6.98. The van der Waals surface area contributed by atoms with Gasteiger partial charge in [-0.2, -0.15) is 0 Å². The Labute approximate surface area is 397 Å². The zero-order valence-corrected chi connectivity index (χ0v) is 42.3. The van der Waals surface area contributed by atoms with Gasteiger partial charge in [0.15, 0.2) is 0 Å². The number of likely N-dealkylation sites (N-methyl/N-ethyl adjacent to an activating group) is 6. The van der Waals surface area contributed by atoms with Crippen LogP contribution >= 0.6 is 0 Å². The van der Waals surface area contributed by atoms with E-state index in [1.54, 1.807) is 6.08 Å². The monoisotopic (exact) mass is 892 g/mol. The maximum absolute atomic E-state index is 4.42. The molecule has 64 heavy (non-hydrogen) atoms. The summed E-state index contributed by atoms with van der Waals surface area (Å²) >= 11 is 0. The van der Waals surface area contributed by atoms with Crippen molar-refractivity contribution in [2.24, 2.45) is 0 Å². The van der Waals surface area contributed by atoms with E-state index in [0.29, 0.717) is 26.2 Å². The summed E-state index contributed by atoms with van der Waals surface area (Å²) in [6, 6.07) is 0. The SMILES string of the molecule is C.C=CC.C=CCN1CCN(CC)CCN(CC(=C)NCCC(=C)N(C)CC(=C)N(C)CC(=C)N(C)CC(=C)N(C)CC(=C)N(C)CC(=C)NCCCCCC)CCN(CC=C)CC1. The van der Waals surface area contributed by atoms with Crippen LogP contribution in [0.5, 0.6) is 0 Å². The Hall–Kier alpha value is -4.16. The fourth-order valence-corrected chi connectivity index (χ4v) is 6.98. The smallest absolute Gasteiger partial charge is 0.0566 e. The molecule has 0 radical (unpaired) electrons. The molecule has 1 fully saturated rings. The molecule has 1 aliphatic heterocycles. The van der Waals surface area contributed by atoms with E-state index < -0.39 is 0 Å². The Bertz CT molecular complexity index is 1400. The maximum Gasteiger partial charge on any atom is 0.0566 e. The average Bonchev–Trinajstić information content (AvgIpc) is 3.23. The van der Waals surface area contributed by atoms with Crippen molar-refractivity contribution >= 4 is 0 Å². The molecule has 0 saturated carbocycles. The van der Waals surface area contributed by atoms with Gasteiger partial charge in [0.2, 0.25) is 0 Å². The van der Waals surface area contributed by atoms with E-state index in [9.17, 15) is 0 Å². The van der Waals surface area contributed by atoms with Crippen molar-refractivity contribution in [3.8, 4) is 0 Å². The third-order valence-electron chi connectivity index (χ3n) is 11.6. The highest BCUT2D eigenvalue weighted by atomic mass is 15.3. The number of nitrogens with zero attached hydrogens (tertiary/aromatic N) is 9. The molecule has 1 rings (SSSR count). The molecule has 1 aliphatic rings. The Balaban J connectivity index is 0. The highest BCUT2D eigenvalue weighted by molar-refractivity contribution is 5.11. The van der Waals surface area contributed by atoms with Gasteiger partial charge in [0, 0.05) is 167 Å². The van der Waals surface area contributed by atoms with Gasteiger partial charge in [-0.1, -0.05) is 105 Å². The molecular formula is C53H101N11. The molecule has 368 valence electrons. The first-order valence-electron chi connectivity index (χ1n) is 23.4. The van der Waals surface area contributed by atoms with Crippen LogP contribution in [0.3, 0.4) is 0 Å². The zero-order chi connectivity index (χ0) is 47.7. The van der Waals surface area contributed by atoms with Gasteiger partial charge in [0.05, 0.1) is 32.7 Å². The summed E-state index contributed by atoms with van der Waals surface area (Å²) in [6.07, 6.45) is 11.6. The summed E-state index contributed by atoms with van der Waals surface area (Å²) < 4.78 is 0. The molecule has 0 aliphatic carbocycles. The van der Waals surface area contributed by atoms with Gasteiger partial charge < -0.3 is 40.0 Å². The van der Waals surface area contributed by atoms with E-state index in [2.05, 4.69) is 170 Å². The second kappa shape index (κ2) is 37.1. The van der Waals surface area contributed by atoms with Crippen LogP contribution in [0.4, 0.5) is 0 Å². The molecule has 0 aromatic heterocycles. The first kappa shape index (κ1) is 61.9. The van der Waals surface area contributed by atoms with Crippen molar-refractivity contribution in [3.05, 3.63) is 124 Å². The summed E-state index contributed by atoms with van der Waals surface area (Å²) in [5.41, 5.74) is 7.16. The van der Waals surface area contributed by atoms with Gasteiger partial charge >= 0.3 is 0 Å². The van der Waals surface area contributed by atoms with Crippen molar-refractivity contribution in [2.75, 3.05) is 160 Å². The van der Waals surface area contributed by atoms with Crippen molar-refractivity contribution in [2.45, 2.75) is 60.3 Å². The normalized spacial score (nSPS) is 14.1. The minimum atomic E-state index is 0. The molecule has 0 unspecified atom stereocenters. The second-order valence-corrected chi connectivity index (χ2v) is 17.3. The number of rotatable bonds is 32. The van der Waals surface area contributed by atoms with E-state index in [4.69, 9.17) is 0 Å². The van der Waals surface area contributed by atoms with Crippen molar-refractivity contribution in [1.29, 1.82) is 0 Å². The molecule has 0 bridgehead atoms. The largest absolute Gasteiger partial charge is 0.387 e. The molecule has 0 amide bonds. The van der Waals surface area contributed by atoms with Crippen LogP contribution in [-0.2, 0) is 0 Å². The molecule has 11 nitrogen and oxygen atoms in total. The maximum atomic E-state index is 4.42. The van der Waals surface area contributed by atoms with E-state index in [0.717, 1.165) is 144 Å². The Morgan fingerprint density at radius 3 is 1.23 bits per heavy atom. The van der Waals surface area contributed by atoms with Crippen molar-refractivity contribution in [1.82, 2.24) is 54.7 Å². The standard InChI is InChI=1S/C49H91N11.C3H6.CH4/c1-17-21-22-23-25-50-43(5)37-52(12)46(8)40-54(14)48(10)42-56(16)49(11)41-55(15)47(9)39-53(13)45(7)24-26-51-44(6)38-60-35-30-57(20-4)29-31-58(27-18-2)32-33-59(28-19-3)34-36-60;1-3-2;/h18-19,50-51H,2-3,5-11,17,20-42H2,1,4,12-16H3;3H,1H2,2H3;1H4. The average molecular weight is 892 g/mol. The second-order valence-electron chi connectivity index (χ2n) is 17.3. The fraction of sp³-hybridized carbons (Fsp3) is 0.623. The Morgan fingerprint density at radius 2 is 0.844 bits per heavy atom. The number of hydrogen-bond donors (Lipinski definition) is 2. The van der Waals surface area contributed by atoms with Crippen LogP contribution in [-0.4, -0.2) is 204 Å². The summed E-state index contributed by atoms with van der Waals surface area (Å²) in [7, 11) is 10.4. The molecule has 11 heteroatoms. The van der Waals surface area contributed by atoms with E-state index in [-0.39, 0.29) is 7.43 Å². The highest BCUT2D eigenvalue weighted by Crippen LogP contribution is 2.14. The zero-order valence-electron chi connectivity index (χ0n) is 42.3. The number of unbranched alkanes of at least 4 members (excludes halogenated alkanes) is 3. The van der Waals surface area contributed by atoms with Crippen LogP contribution in [0.25, 0.3) is 0 Å². The Morgan fingerprint density at radius 1 is 0.484 bits per heavy atom. The summed E-state index contributed by atoms with van der Waals surface area (Å²) in [5, 5.41) is 7.07. The van der Waals surface area contributed by atoms with Crippen LogP contribution < -0.4 is 10.6 Å². The third-order valence-corrected chi connectivity index (χ3v) is 11.6. The lowest BCUT2D eigenvalue weighted by molar-refractivity contribution is 0.149. The topological polar surface area (TPSA) is 53.2 Å². The predicted molar refractivity (Wildman–Crippen MR) is 286 cm³/mol. The first-order chi connectivity index (χ1) is 30.0. The van der Waals surface area contributed by atoms with Crippen LogP contribution in [0.15, 0.2) is 124 Å². The van der Waals surface area contributed by atoms with Gasteiger partial charge in [-0.05, 0) is 19.9 Å². The lowest BCUT2D eigenvalue weighted by Crippen LogP contribution is -2.46. The molecular weight excluding hydrogens is 791 g/mol. The Kier molecular flexibility index (Phi) is 35.9. The van der Waals surface area contributed by atoms with Gasteiger partial charge in [-0.3, -0.25) is 14.7 Å². The minimum Gasteiger partial charge on any atom is -0.387 e. The molecule has 1 heterocycles. The van der Waals surface area contributed by atoms with Crippen LogP contribution in [0.2, 0.25) is 0 Å². The van der Waals surface area contributed by atoms with Gasteiger partial charge in [0.25, 0.3) is 0 Å². The van der Waals surface area contributed by atoms with Gasteiger partial charge in [0.1, 0.15) is 0 Å².